The molecule has 4 N–H and O–H groups in total. The van der Waals surface area contributed by atoms with Gasteiger partial charge in [-0.05, 0) is 19.8 Å². The number of hydrogen-bond donors (Lipinski definition) is 4. The molecule has 0 saturated carbocycles. The van der Waals surface area contributed by atoms with Crippen molar-refractivity contribution in [3.63, 3.8) is 0 Å². The van der Waals surface area contributed by atoms with Crippen LogP contribution in [0, 0.1) is 0 Å². The van der Waals surface area contributed by atoms with Crippen LogP contribution in [0.25, 0.3) is 0 Å². The van der Waals surface area contributed by atoms with Gasteiger partial charge in [0.2, 0.25) is 0 Å². The number of aliphatic hydroxyl groups excluding tert-OH is 4. The molecule has 0 bridgehead atoms. The number of aliphatic hydroxyl groups is 4. The summed E-state index contributed by atoms with van der Waals surface area (Å²) in [5, 5.41) is 35.3. The third kappa shape index (κ3) is 17.8. The van der Waals surface area contributed by atoms with Gasteiger partial charge in [-0.15, -0.1) is 0 Å². The Kier molecular flexibility index (Phi) is 18.7. The maximum atomic E-state index is 9.10. The van der Waals surface area contributed by atoms with Crippen LogP contribution >= 0.6 is 0 Å². The topological polar surface area (TPSA) is 80.9 Å². The summed E-state index contributed by atoms with van der Waals surface area (Å²) >= 11 is 0. The second-order valence-electron chi connectivity index (χ2n) is 5.49. The first kappa shape index (κ1) is 22.1. The van der Waals surface area contributed by atoms with E-state index < -0.39 is 18.3 Å². The van der Waals surface area contributed by atoms with Crippen molar-refractivity contribution in [1.29, 1.82) is 0 Å². The predicted molar refractivity (Wildman–Crippen MR) is 83.7 cm³/mol. The molecule has 0 aromatic rings. The average molecular weight is 292 g/mol. The van der Waals surface area contributed by atoms with Gasteiger partial charge in [-0.3, -0.25) is 0 Å². The second-order valence-corrected chi connectivity index (χ2v) is 5.49. The minimum absolute atomic E-state index is 0.0911. The molecular weight excluding hydrogens is 256 g/mol. The van der Waals surface area contributed by atoms with Crippen molar-refractivity contribution >= 4 is 0 Å². The molecule has 0 heterocycles. The Balaban J connectivity index is 0. The van der Waals surface area contributed by atoms with Gasteiger partial charge in [0.15, 0.2) is 0 Å². The SMILES string of the molecule is CCCCCC(O)C(C)O.CCCCCCC(O)CO. The second kappa shape index (κ2) is 16.9. The molecule has 0 saturated heterocycles. The average Bonchev–Trinajstić information content (AvgIpc) is 2.44. The van der Waals surface area contributed by atoms with Crippen LogP contribution in [-0.2, 0) is 0 Å². The predicted octanol–water partition coefficient (Wildman–Crippen LogP) is 2.62. The fourth-order valence-electron chi connectivity index (χ4n) is 1.74. The minimum atomic E-state index is -0.572. The van der Waals surface area contributed by atoms with Gasteiger partial charge in [-0.2, -0.15) is 0 Å². The zero-order valence-electron chi connectivity index (χ0n) is 13.6. The van der Waals surface area contributed by atoms with Crippen LogP contribution < -0.4 is 0 Å². The van der Waals surface area contributed by atoms with Gasteiger partial charge in [0, 0.05) is 0 Å². The van der Waals surface area contributed by atoms with E-state index in [9.17, 15) is 0 Å². The molecule has 3 unspecified atom stereocenters. The Morgan fingerprint density at radius 3 is 1.70 bits per heavy atom. The van der Waals surface area contributed by atoms with Crippen molar-refractivity contribution in [1.82, 2.24) is 0 Å². The van der Waals surface area contributed by atoms with Crippen LogP contribution in [0.5, 0.6) is 0 Å². The summed E-state index contributed by atoms with van der Waals surface area (Å²) in [4.78, 5) is 0. The molecule has 0 fully saturated rings. The third-order valence-electron chi connectivity index (χ3n) is 3.26. The van der Waals surface area contributed by atoms with Crippen molar-refractivity contribution in [3.05, 3.63) is 0 Å². The van der Waals surface area contributed by atoms with Crippen LogP contribution in [0.3, 0.4) is 0 Å². The van der Waals surface area contributed by atoms with Gasteiger partial charge >= 0.3 is 0 Å². The van der Waals surface area contributed by atoms with Gasteiger partial charge in [-0.1, -0.05) is 58.8 Å². The molecule has 0 radical (unpaired) electrons. The molecule has 0 spiro atoms. The number of unbranched alkanes of at least 4 members (excludes halogenated alkanes) is 5. The summed E-state index contributed by atoms with van der Waals surface area (Å²) < 4.78 is 0. The largest absolute Gasteiger partial charge is 0.394 e. The summed E-state index contributed by atoms with van der Waals surface area (Å²) in [6, 6.07) is 0. The highest BCUT2D eigenvalue weighted by molar-refractivity contribution is 4.61. The summed E-state index contributed by atoms with van der Waals surface area (Å²) in [5.41, 5.74) is 0. The van der Waals surface area contributed by atoms with E-state index in [2.05, 4.69) is 13.8 Å². The molecule has 3 atom stereocenters. The Morgan fingerprint density at radius 1 is 0.750 bits per heavy atom. The highest BCUT2D eigenvalue weighted by Crippen LogP contribution is 2.06. The van der Waals surface area contributed by atoms with E-state index in [4.69, 9.17) is 20.4 Å². The molecule has 0 aliphatic carbocycles. The van der Waals surface area contributed by atoms with E-state index in [-0.39, 0.29) is 6.61 Å². The monoisotopic (exact) mass is 292 g/mol. The lowest BCUT2D eigenvalue weighted by Crippen LogP contribution is -2.21. The number of hydrogen-bond acceptors (Lipinski definition) is 4. The van der Waals surface area contributed by atoms with Crippen LogP contribution in [0.15, 0.2) is 0 Å². The van der Waals surface area contributed by atoms with Gasteiger partial charge in [0.25, 0.3) is 0 Å². The summed E-state index contributed by atoms with van der Waals surface area (Å²) in [7, 11) is 0. The first-order valence-corrected chi connectivity index (χ1v) is 8.14. The molecule has 0 aliphatic rings. The quantitative estimate of drug-likeness (QED) is 0.441. The zero-order chi connectivity index (χ0) is 15.8. The number of rotatable bonds is 11. The maximum absolute atomic E-state index is 9.10. The Bertz CT molecular complexity index is 174. The fourth-order valence-corrected chi connectivity index (χ4v) is 1.74. The molecule has 0 aromatic heterocycles. The maximum Gasteiger partial charge on any atom is 0.0796 e. The van der Waals surface area contributed by atoms with Crippen LogP contribution in [0.2, 0.25) is 0 Å². The van der Waals surface area contributed by atoms with Gasteiger partial charge in [0.1, 0.15) is 0 Å². The Labute approximate surface area is 124 Å². The highest BCUT2D eigenvalue weighted by atomic mass is 16.3. The molecule has 0 amide bonds. The molecule has 4 nitrogen and oxygen atoms in total. The van der Waals surface area contributed by atoms with E-state index in [1.165, 1.54) is 19.3 Å². The van der Waals surface area contributed by atoms with Gasteiger partial charge in [0.05, 0.1) is 24.9 Å². The molecular formula is C16H36O4. The minimum Gasteiger partial charge on any atom is -0.394 e. The first-order valence-electron chi connectivity index (χ1n) is 8.14. The highest BCUT2D eigenvalue weighted by Gasteiger charge is 2.08. The van der Waals surface area contributed by atoms with Crippen molar-refractivity contribution in [2.75, 3.05) is 6.61 Å². The third-order valence-corrected chi connectivity index (χ3v) is 3.26. The van der Waals surface area contributed by atoms with Crippen molar-refractivity contribution in [2.24, 2.45) is 0 Å². The smallest absolute Gasteiger partial charge is 0.0796 e. The van der Waals surface area contributed by atoms with Crippen molar-refractivity contribution < 1.29 is 20.4 Å². The van der Waals surface area contributed by atoms with Crippen LogP contribution in [0.4, 0.5) is 0 Å². The van der Waals surface area contributed by atoms with E-state index in [0.717, 1.165) is 38.5 Å². The summed E-state index contributed by atoms with van der Waals surface area (Å²) in [6.07, 6.45) is 7.87. The lowest BCUT2D eigenvalue weighted by atomic mass is 10.1. The normalized spacial score (nSPS) is 15.2. The molecule has 20 heavy (non-hydrogen) atoms. The first-order chi connectivity index (χ1) is 9.49. The fraction of sp³-hybridized carbons (Fsp3) is 1.00. The molecule has 124 valence electrons. The molecule has 4 heteroatoms. The van der Waals surface area contributed by atoms with E-state index >= 15 is 0 Å². The Morgan fingerprint density at radius 2 is 1.25 bits per heavy atom. The summed E-state index contributed by atoms with van der Waals surface area (Å²) in [6.45, 7) is 5.81. The van der Waals surface area contributed by atoms with E-state index in [1.54, 1.807) is 6.92 Å². The van der Waals surface area contributed by atoms with Crippen molar-refractivity contribution in [2.45, 2.75) is 96.9 Å². The van der Waals surface area contributed by atoms with Gasteiger partial charge < -0.3 is 20.4 Å². The molecule has 0 aliphatic heterocycles. The van der Waals surface area contributed by atoms with E-state index in [1.807, 2.05) is 0 Å². The molecule has 0 aromatic carbocycles. The standard InChI is InChI=1S/2C8H18O2/c1-3-4-5-6-8(10)7(2)9;1-2-3-4-5-6-8(10)7-9/h7-10H,3-6H2,1-2H3;8-10H,2-7H2,1H3. The van der Waals surface area contributed by atoms with Crippen LogP contribution in [-0.4, -0.2) is 45.3 Å². The Hall–Kier alpha value is -0.160. The summed E-state index contributed by atoms with van der Waals surface area (Å²) in [5.74, 6) is 0. The zero-order valence-corrected chi connectivity index (χ0v) is 13.6. The lowest BCUT2D eigenvalue weighted by molar-refractivity contribution is 0.0247. The van der Waals surface area contributed by atoms with Crippen molar-refractivity contribution in [3.8, 4) is 0 Å². The van der Waals surface area contributed by atoms with E-state index in [0.29, 0.717) is 0 Å². The van der Waals surface area contributed by atoms with Gasteiger partial charge in [-0.25, -0.2) is 0 Å². The molecule has 0 rings (SSSR count). The lowest BCUT2D eigenvalue weighted by Gasteiger charge is -2.12. The van der Waals surface area contributed by atoms with Crippen LogP contribution in [0.1, 0.15) is 78.6 Å².